The second-order valence-electron chi connectivity index (χ2n) is 4.67. The van der Waals surface area contributed by atoms with E-state index in [4.69, 9.17) is 23.2 Å². The summed E-state index contributed by atoms with van der Waals surface area (Å²) >= 11 is 13.3. The molecule has 1 fully saturated rings. The van der Waals surface area contributed by atoms with E-state index in [0.717, 1.165) is 17.7 Å². The number of thioether (sulfide) groups is 1. The normalized spacial score (nSPS) is 18.1. The Bertz CT molecular complexity index is 494. The van der Waals surface area contributed by atoms with Crippen molar-refractivity contribution in [2.75, 3.05) is 12.8 Å². The first-order valence-corrected chi connectivity index (χ1v) is 7.74. The van der Waals surface area contributed by atoms with Gasteiger partial charge in [0.25, 0.3) is 0 Å². The van der Waals surface area contributed by atoms with Crippen LogP contribution in [0.4, 0.5) is 0 Å². The van der Waals surface area contributed by atoms with Crippen LogP contribution in [0.1, 0.15) is 12.8 Å². The number of likely N-dealkylation sites (N-methyl/N-ethyl adjacent to an activating group) is 1. The van der Waals surface area contributed by atoms with Crippen molar-refractivity contribution in [1.82, 2.24) is 5.32 Å². The Morgan fingerprint density at radius 3 is 2.63 bits per heavy atom. The first-order valence-electron chi connectivity index (χ1n) is 6.00. The van der Waals surface area contributed by atoms with Gasteiger partial charge >= 0.3 is 5.97 Å². The van der Waals surface area contributed by atoms with Gasteiger partial charge in [0.05, 0.1) is 10.0 Å². The van der Waals surface area contributed by atoms with Gasteiger partial charge in [0, 0.05) is 10.6 Å². The zero-order valence-electron chi connectivity index (χ0n) is 10.5. The Labute approximate surface area is 126 Å². The third-order valence-electron chi connectivity index (χ3n) is 3.46. The molecule has 1 aromatic rings. The lowest BCUT2D eigenvalue weighted by Crippen LogP contribution is -2.54. The number of carboxylic acid groups (broad SMARTS) is 1. The topological polar surface area (TPSA) is 49.3 Å². The van der Waals surface area contributed by atoms with Gasteiger partial charge in [-0.15, -0.1) is 11.8 Å². The van der Waals surface area contributed by atoms with Crippen molar-refractivity contribution in [3.63, 3.8) is 0 Å². The molecular formula is C13H15Cl2NO2S. The second kappa shape index (κ2) is 5.92. The van der Waals surface area contributed by atoms with Crippen LogP contribution in [0.2, 0.25) is 10.0 Å². The lowest BCUT2D eigenvalue weighted by molar-refractivity contribution is -0.144. The van der Waals surface area contributed by atoms with Crippen LogP contribution < -0.4 is 5.32 Å². The number of nitrogens with one attached hydrogen (secondary N) is 1. The van der Waals surface area contributed by atoms with E-state index < -0.39 is 11.5 Å². The van der Waals surface area contributed by atoms with E-state index in [2.05, 4.69) is 5.32 Å². The van der Waals surface area contributed by atoms with Crippen LogP contribution in [0.15, 0.2) is 23.1 Å². The molecule has 1 unspecified atom stereocenters. The van der Waals surface area contributed by atoms with Gasteiger partial charge in [0.2, 0.25) is 0 Å². The Balaban J connectivity index is 2.10. The van der Waals surface area contributed by atoms with Crippen LogP contribution >= 0.6 is 35.0 Å². The van der Waals surface area contributed by atoms with Gasteiger partial charge in [-0.25, -0.2) is 0 Å². The summed E-state index contributed by atoms with van der Waals surface area (Å²) in [6.45, 7) is 0. The highest BCUT2D eigenvalue weighted by Crippen LogP contribution is 2.42. The van der Waals surface area contributed by atoms with Crippen LogP contribution in [0, 0.1) is 5.92 Å². The average Bonchev–Trinajstić information content (AvgIpc) is 3.19. The van der Waals surface area contributed by atoms with Crippen molar-refractivity contribution in [1.29, 1.82) is 0 Å². The fourth-order valence-corrected chi connectivity index (χ4v) is 3.70. The Kier molecular flexibility index (Phi) is 4.66. The summed E-state index contributed by atoms with van der Waals surface area (Å²) < 4.78 is 0. The highest BCUT2D eigenvalue weighted by Gasteiger charge is 2.50. The Hall–Kier alpha value is -0.420. The maximum atomic E-state index is 11.6. The van der Waals surface area contributed by atoms with Crippen LogP contribution in [0.3, 0.4) is 0 Å². The first kappa shape index (κ1) is 15.0. The summed E-state index contributed by atoms with van der Waals surface area (Å²) in [4.78, 5) is 12.5. The highest BCUT2D eigenvalue weighted by atomic mass is 35.5. The van der Waals surface area contributed by atoms with Gasteiger partial charge in [-0.1, -0.05) is 23.2 Å². The van der Waals surface area contributed by atoms with Gasteiger partial charge < -0.3 is 10.4 Å². The molecule has 0 spiro atoms. The molecule has 2 N–H and O–H groups in total. The number of hydrogen-bond donors (Lipinski definition) is 2. The molecule has 19 heavy (non-hydrogen) atoms. The molecule has 1 aliphatic rings. The lowest BCUT2D eigenvalue weighted by Gasteiger charge is -2.28. The summed E-state index contributed by atoms with van der Waals surface area (Å²) in [6.07, 6.45) is 1.93. The molecule has 0 aromatic heterocycles. The molecule has 1 atom stereocenters. The molecule has 1 saturated carbocycles. The van der Waals surface area contributed by atoms with Crippen LogP contribution in [-0.4, -0.2) is 29.4 Å². The van der Waals surface area contributed by atoms with Crippen molar-refractivity contribution >= 4 is 40.9 Å². The molecule has 1 aromatic carbocycles. The van der Waals surface area contributed by atoms with E-state index in [-0.39, 0.29) is 5.92 Å². The van der Waals surface area contributed by atoms with Gasteiger partial charge in [0.1, 0.15) is 5.54 Å². The van der Waals surface area contributed by atoms with Crippen molar-refractivity contribution in [2.24, 2.45) is 5.92 Å². The minimum Gasteiger partial charge on any atom is -0.480 e. The fraction of sp³-hybridized carbons (Fsp3) is 0.462. The van der Waals surface area contributed by atoms with Crippen LogP contribution in [-0.2, 0) is 4.79 Å². The first-order chi connectivity index (χ1) is 8.99. The second-order valence-corrected chi connectivity index (χ2v) is 6.53. The van der Waals surface area contributed by atoms with Crippen molar-refractivity contribution in [3.05, 3.63) is 28.2 Å². The minimum atomic E-state index is -0.850. The van der Waals surface area contributed by atoms with E-state index in [9.17, 15) is 9.90 Å². The molecule has 104 valence electrons. The zero-order valence-corrected chi connectivity index (χ0v) is 12.8. The number of rotatable bonds is 6. The molecule has 0 aliphatic heterocycles. The third kappa shape index (κ3) is 3.19. The van der Waals surface area contributed by atoms with Gasteiger partial charge in [-0.2, -0.15) is 0 Å². The Morgan fingerprint density at radius 2 is 2.16 bits per heavy atom. The largest absolute Gasteiger partial charge is 0.480 e. The smallest absolute Gasteiger partial charge is 0.325 e. The van der Waals surface area contributed by atoms with E-state index >= 15 is 0 Å². The summed E-state index contributed by atoms with van der Waals surface area (Å²) in [6, 6.07) is 5.35. The average molecular weight is 320 g/mol. The zero-order chi connectivity index (χ0) is 14.0. The van der Waals surface area contributed by atoms with Crippen molar-refractivity contribution in [3.8, 4) is 0 Å². The standard InChI is InChI=1S/C13H15Cl2NO2S/c1-16-13(12(17)18,8-2-3-8)7-19-9-4-5-10(14)11(15)6-9/h4-6,8,16H,2-3,7H2,1H3,(H,17,18). The SMILES string of the molecule is CNC(CSc1ccc(Cl)c(Cl)c1)(C(=O)O)C1CC1. The molecule has 0 saturated heterocycles. The number of halogens is 2. The predicted molar refractivity (Wildman–Crippen MR) is 79.3 cm³/mol. The predicted octanol–water partition coefficient (Wildman–Crippen LogP) is 3.54. The molecular weight excluding hydrogens is 305 g/mol. The molecule has 1 aliphatic carbocycles. The van der Waals surface area contributed by atoms with E-state index in [1.807, 2.05) is 6.07 Å². The Morgan fingerprint density at radius 1 is 1.47 bits per heavy atom. The molecule has 0 heterocycles. The molecule has 0 bridgehead atoms. The number of carbonyl (C=O) groups is 1. The maximum Gasteiger partial charge on any atom is 0.325 e. The van der Waals surface area contributed by atoms with Gasteiger partial charge in [-0.3, -0.25) is 4.79 Å². The molecule has 0 radical (unpaired) electrons. The third-order valence-corrected chi connectivity index (χ3v) is 5.39. The minimum absolute atomic E-state index is 0.213. The molecule has 0 amide bonds. The number of aliphatic carboxylic acids is 1. The number of carboxylic acids is 1. The number of benzene rings is 1. The van der Waals surface area contributed by atoms with E-state index in [1.165, 1.54) is 11.8 Å². The van der Waals surface area contributed by atoms with Crippen molar-refractivity contribution < 1.29 is 9.90 Å². The quantitative estimate of drug-likeness (QED) is 0.787. The monoisotopic (exact) mass is 319 g/mol. The molecule has 3 nitrogen and oxygen atoms in total. The number of hydrogen-bond acceptors (Lipinski definition) is 3. The van der Waals surface area contributed by atoms with E-state index in [1.54, 1.807) is 19.2 Å². The molecule has 2 rings (SSSR count). The summed E-state index contributed by atoms with van der Waals surface area (Å²) in [7, 11) is 1.71. The maximum absolute atomic E-state index is 11.6. The van der Waals surface area contributed by atoms with E-state index in [0.29, 0.717) is 15.8 Å². The summed E-state index contributed by atoms with van der Waals surface area (Å²) in [5.74, 6) is -0.100. The van der Waals surface area contributed by atoms with Gasteiger partial charge in [-0.05, 0) is 44.0 Å². The highest BCUT2D eigenvalue weighted by molar-refractivity contribution is 7.99. The summed E-state index contributed by atoms with van der Waals surface area (Å²) in [5.41, 5.74) is -0.850. The fourth-order valence-electron chi connectivity index (χ4n) is 2.08. The van der Waals surface area contributed by atoms with Gasteiger partial charge in [0.15, 0.2) is 0 Å². The van der Waals surface area contributed by atoms with Crippen molar-refractivity contribution in [2.45, 2.75) is 23.3 Å². The molecule has 6 heteroatoms. The van der Waals surface area contributed by atoms with Crippen LogP contribution in [0.25, 0.3) is 0 Å². The van der Waals surface area contributed by atoms with Crippen LogP contribution in [0.5, 0.6) is 0 Å². The lowest BCUT2D eigenvalue weighted by atomic mass is 9.96. The summed E-state index contributed by atoms with van der Waals surface area (Å²) in [5, 5.41) is 13.5.